The molecule has 0 radical (unpaired) electrons. The van der Waals surface area contributed by atoms with Gasteiger partial charge >= 0.3 is 0 Å². The van der Waals surface area contributed by atoms with Crippen LogP contribution in [0.25, 0.3) is 26.1 Å². The summed E-state index contributed by atoms with van der Waals surface area (Å²) < 4.78 is 2.41. The van der Waals surface area contributed by atoms with E-state index in [0.29, 0.717) is 10.6 Å². The molecule has 3 aromatic heterocycles. The maximum Gasteiger partial charge on any atom is 0.275 e. The van der Waals surface area contributed by atoms with E-state index in [2.05, 4.69) is 28.2 Å². The first kappa shape index (κ1) is 16.7. The molecule has 3 aromatic rings. The Morgan fingerprint density at radius 3 is 2.89 bits per heavy atom. The van der Waals surface area contributed by atoms with Crippen molar-refractivity contribution in [1.29, 1.82) is 0 Å². The Labute approximate surface area is 161 Å². The van der Waals surface area contributed by atoms with E-state index in [1.54, 1.807) is 17.1 Å². The topological polar surface area (TPSA) is 51.0 Å². The largest absolute Gasteiger partial charge is 0.377 e. The average Bonchev–Trinajstić information content (AvgIpc) is 3.45. The highest BCUT2D eigenvalue weighted by Crippen LogP contribution is 2.41. The molecule has 1 unspecified atom stereocenters. The van der Waals surface area contributed by atoms with Gasteiger partial charge in [0, 0.05) is 32.4 Å². The van der Waals surface area contributed by atoms with Crippen LogP contribution in [0.1, 0.15) is 25.7 Å². The first-order valence-corrected chi connectivity index (χ1v) is 10.3. The predicted octanol–water partition coefficient (Wildman–Crippen LogP) is 4.29. The van der Waals surface area contributed by atoms with E-state index < -0.39 is 0 Å². The van der Waals surface area contributed by atoms with Crippen molar-refractivity contribution in [2.45, 2.75) is 25.7 Å². The summed E-state index contributed by atoms with van der Waals surface area (Å²) in [4.78, 5) is 25.3. The summed E-state index contributed by atoms with van der Waals surface area (Å²) in [5, 5.41) is 0.968. The highest BCUT2D eigenvalue weighted by Gasteiger charge is 2.29. The van der Waals surface area contributed by atoms with E-state index >= 15 is 0 Å². The molecule has 0 spiro atoms. The molecule has 3 heterocycles. The molecule has 27 heavy (non-hydrogen) atoms. The van der Waals surface area contributed by atoms with Crippen LogP contribution >= 0.6 is 11.3 Å². The lowest BCUT2D eigenvalue weighted by atomic mass is 10.0. The Morgan fingerprint density at radius 2 is 2.11 bits per heavy atom. The standard InChI is InChI=1S/C21H22N4OS/c1-24(2)16-10-11-22-20-17(16)18-19(27-20)21(26)25(12-23-18)15-5-3-4-13(8-9-15)14-6-7-14/h3-4,9-14H,5-8H2,1-2H3. The lowest BCUT2D eigenvalue weighted by molar-refractivity contribution is 0.578. The molecule has 0 aliphatic heterocycles. The van der Waals surface area contributed by atoms with E-state index in [0.717, 1.165) is 45.9 Å². The molecule has 0 amide bonds. The second kappa shape index (κ2) is 6.30. The molecule has 2 aliphatic carbocycles. The molecule has 5 nitrogen and oxygen atoms in total. The summed E-state index contributed by atoms with van der Waals surface area (Å²) in [5.41, 5.74) is 2.85. The molecule has 6 heteroatoms. The second-order valence-electron chi connectivity index (χ2n) is 7.67. The SMILES string of the molecule is CN(C)c1ccnc2sc3c(=O)n(C4=CCC(C5CC5)C=CC4)cnc3c12. The zero-order valence-electron chi connectivity index (χ0n) is 15.6. The molecule has 0 saturated heterocycles. The van der Waals surface area contributed by atoms with Gasteiger partial charge in [0.2, 0.25) is 0 Å². The van der Waals surface area contributed by atoms with Gasteiger partial charge in [0.25, 0.3) is 5.56 Å². The third kappa shape index (κ3) is 2.79. The molecular formula is C21H22N4OS. The van der Waals surface area contributed by atoms with E-state index in [-0.39, 0.29) is 5.56 Å². The van der Waals surface area contributed by atoms with Crippen LogP contribution in [-0.2, 0) is 0 Å². The number of hydrogen-bond donors (Lipinski definition) is 0. The van der Waals surface area contributed by atoms with Gasteiger partial charge < -0.3 is 4.90 Å². The normalized spacial score (nSPS) is 20.1. The van der Waals surface area contributed by atoms with E-state index in [1.807, 2.05) is 25.1 Å². The smallest absolute Gasteiger partial charge is 0.275 e. The molecule has 0 N–H and O–H groups in total. The Morgan fingerprint density at radius 1 is 1.26 bits per heavy atom. The van der Waals surface area contributed by atoms with E-state index in [9.17, 15) is 4.79 Å². The zero-order chi connectivity index (χ0) is 18.5. The molecule has 0 aromatic carbocycles. The van der Waals surface area contributed by atoms with Crippen molar-refractivity contribution >= 4 is 43.2 Å². The third-order valence-electron chi connectivity index (χ3n) is 5.61. The lowest BCUT2D eigenvalue weighted by Gasteiger charge is -2.13. The number of thiophene rings is 1. The highest BCUT2D eigenvalue weighted by molar-refractivity contribution is 7.25. The fraction of sp³-hybridized carbons (Fsp3) is 0.381. The minimum absolute atomic E-state index is 0.0113. The maximum absolute atomic E-state index is 13.2. The van der Waals surface area contributed by atoms with Gasteiger partial charge in [0.1, 0.15) is 15.9 Å². The first-order valence-electron chi connectivity index (χ1n) is 9.45. The average molecular weight is 379 g/mol. The molecule has 138 valence electrons. The third-order valence-corrected chi connectivity index (χ3v) is 6.69. The van der Waals surface area contributed by atoms with Crippen LogP contribution in [-0.4, -0.2) is 28.6 Å². The Balaban J connectivity index is 1.64. The Hall–Kier alpha value is -2.47. The number of fused-ring (bicyclic) bond motifs is 3. The lowest BCUT2D eigenvalue weighted by Crippen LogP contribution is -2.19. The minimum atomic E-state index is 0.0113. The molecule has 1 saturated carbocycles. The summed E-state index contributed by atoms with van der Waals surface area (Å²) in [7, 11) is 4.00. The number of anilines is 1. The number of rotatable bonds is 3. The predicted molar refractivity (Wildman–Crippen MR) is 112 cm³/mol. The van der Waals surface area contributed by atoms with Crippen LogP contribution in [0, 0.1) is 11.8 Å². The fourth-order valence-corrected chi connectivity index (χ4v) is 5.03. The molecule has 5 rings (SSSR count). The van der Waals surface area contributed by atoms with Gasteiger partial charge in [-0.1, -0.05) is 18.2 Å². The van der Waals surface area contributed by atoms with Crippen LogP contribution in [0.3, 0.4) is 0 Å². The monoisotopic (exact) mass is 378 g/mol. The van der Waals surface area contributed by atoms with Gasteiger partial charge in [0.15, 0.2) is 0 Å². The first-order chi connectivity index (χ1) is 13.1. The van der Waals surface area contributed by atoms with E-state index in [4.69, 9.17) is 0 Å². The van der Waals surface area contributed by atoms with E-state index in [1.165, 1.54) is 24.2 Å². The van der Waals surface area contributed by atoms with Gasteiger partial charge in [-0.25, -0.2) is 9.97 Å². The summed E-state index contributed by atoms with van der Waals surface area (Å²) >= 11 is 1.44. The highest BCUT2D eigenvalue weighted by atomic mass is 32.1. The second-order valence-corrected chi connectivity index (χ2v) is 8.67. The zero-order valence-corrected chi connectivity index (χ0v) is 16.4. The van der Waals surface area contributed by atoms with Crippen LogP contribution in [0.5, 0.6) is 0 Å². The molecule has 2 aliphatic rings. The van der Waals surface area contributed by atoms with Crippen molar-refractivity contribution in [3.8, 4) is 0 Å². The Bertz CT molecular complexity index is 1150. The molecule has 0 bridgehead atoms. The van der Waals surface area contributed by atoms with Crippen molar-refractivity contribution in [3.63, 3.8) is 0 Å². The quantitative estimate of drug-likeness (QED) is 0.638. The molecule has 1 fully saturated rings. The van der Waals surface area contributed by atoms with Gasteiger partial charge in [-0.2, -0.15) is 0 Å². The number of aromatic nitrogens is 3. The maximum atomic E-state index is 13.2. The van der Waals surface area contributed by atoms with Crippen LogP contribution in [0.15, 0.2) is 41.6 Å². The summed E-state index contributed by atoms with van der Waals surface area (Å²) in [6.45, 7) is 0. The van der Waals surface area contributed by atoms with Crippen molar-refractivity contribution in [2.75, 3.05) is 19.0 Å². The molecule has 1 atom stereocenters. The Kier molecular flexibility index (Phi) is 3.90. The van der Waals surface area contributed by atoms with Crippen LogP contribution in [0.2, 0.25) is 0 Å². The summed E-state index contributed by atoms with van der Waals surface area (Å²) in [6, 6.07) is 1.97. The van der Waals surface area contributed by atoms with Crippen molar-refractivity contribution in [2.24, 2.45) is 11.8 Å². The number of pyridine rings is 1. The van der Waals surface area contributed by atoms with Crippen molar-refractivity contribution < 1.29 is 0 Å². The van der Waals surface area contributed by atoms with Crippen LogP contribution < -0.4 is 10.5 Å². The van der Waals surface area contributed by atoms with Crippen LogP contribution in [0.4, 0.5) is 5.69 Å². The number of allylic oxidation sites excluding steroid dienone is 4. The summed E-state index contributed by atoms with van der Waals surface area (Å²) in [5.74, 6) is 1.47. The number of hydrogen-bond acceptors (Lipinski definition) is 5. The van der Waals surface area contributed by atoms with Crippen molar-refractivity contribution in [1.82, 2.24) is 14.5 Å². The van der Waals surface area contributed by atoms with Crippen molar-refractivity contribution in [3.05, 3.63) is 47.2 Å². The van der Waals surface area contributed by atoms with Gasteiger partial charge in [-0.05, 0) is 37.2 Å². The van der Waals surface area contributed by atoms with Gasteiger partial charge in [-0.3, -0.25) is 9.36 Å². The fourth-order valence-electron chi connectivity index (χ4n) is 3.98. The minimum Gasteiger partial charge on any atom is -0.377 e. The van der Waals surface area contributed by atoms with Gasteiger partial charge in [-0.15, -0.1) is 11.3 Å². The van der Waals surface area contributed by atoms with Gasteiger partial charge in [0.05, 0.1) is 16.6 Å². The molecular weight excluding hydrogens is 356 g/mol. The number of nitrogens with zero attached hydrogens (tertiary/aromatic N) is 4. The summed E-state index contributed by atoms with van der Waals surface area (Å²) in [6.07, 6.45) is 14.8.